The predicted molar refractivity (Wildman–Crippen MR) is 91.2 cm³/mol. The number of amides is 1. The standard InChI is InChI=1S/C19H19ClFNO2/c1-22(11-13-2-8-17(21)9-3-13)18(24)19(10-15(19)12-23)14-4-6-16(20)7-5-14/h2-9,15,23H,10-12H2,1H3/t15-,19+/m0/s1. The van der Waals surface area contributed by atoms with E-state index in [4.69, 9.17) is 11.6 Å². The molecular weight excluding hydrogens is 329 g/mol. The van der Waals surface area contributed by atoms with Crippen LogP contribution in [0.25, 0.3) is 0 Å². The second-order valence-electron chi connectivity index (χ2n) is 6.35. The van der Waals surface area contributed by atoms with Gasteiger partial charge in [-0.1, -0.05) is 35.9 Å². The molecule has 1 N–H and O–H groups in total. The van der Waals surface area contributed by atoms with Crippen LogP contribution in [0.15, 0.2) is 48.5 Å². The third-order valence-electron chi connectivity index (χ3n) is 4.75. The highest BCUT2D eigenvalue weighted by atomic mass is 35.5. The SMILES string of the molecule is CN(Cc1ccc(F)cc1)C(=O)[C@@]1(c2ccc(Cl)cc2)C[C@H]1CO. The van der Waals surface area contributed by atoms with Crippen molar-refractivity contribution in [2.45, 2.75) is 18.4 Å². The zero-order chi connectivity index (χ0) is 17.3. The van der Waals surface area contributed by atoms with Gasteiger partial charge in [0.1, 0.15) is 5.82 Å². The van der Waals surface area contributed by atoms with Crippen molar-refractivity contribution in [1.82, 2.24) is 4.90 Å². The summed E-state index contributed by atoms with van der Waals surface area (Å²) in [7, 11) is 1.73. The summed E-state index contributed by atoms with van der Waals surface area (Å²) in [4.78, 5) is 14.7. The molecule has 1 aliphatic carbocycles. The third-order valence-corrected chi connectivity index (χ3v) is 5.00. The van der Waals surface area contributed by atoms with Gasteiger partial charge in [-0.05, 0) is 41.8 Å². The fourth-order valence-corrected chi connectivity index (χ4v) is 3.44. The van der Waals surface area contributed by atoms with E-state index >= 15 is 0 Å². The molecule has 1 amide bonds. The van der Waals surface area contributed by atoms with Gasteiger partial charge >= 0.3 is 0 Å². The van der Waals surface area contributed by atoms with Crippen LogP contribution in [0.2, 0.25) is 5.02 Å². The molecule has 1 fully saturated rings. The van der Waals surface area contributed by atoms with Gasteiger partial charge in [0.25, 0.3) is 0 Å². The minimum Gasteiger partial charge on any atom is -0.396 e. The summed E-state index contributed by atoms with van der Waals surface area (Å²) in [5.41, 5.74) is 1.05. The Morgan fingerprint density at radius 2 is 1.88 bits per heavy atom. The topological polar surface area (TPSA) is 40.5 Å². The first-order valence-corrected chi connectivity index (χ1v) is 8.22. The normalized spacial score (nSPS) is 22.2. The number of carbonyl (C=O) groups excluding carboxylic acids is 1. The van der Waals surface area contributed by atoms with E-state index in [9.17, 15) is 14.3 Å². The molecule has 0 unspecified atom stereocenters. The molecule has 3 nitrogen and oxygen atoms in total. The van der Waals surface area contributed by atoms with E-state index in [-0.39, 0.29) is 24.2 Å². The van der Waals surface area contributed by atoms with Crippen LogP contribution in [-0.4, -0.2) is 29.6 Å². The van der Waals surface area contributed by atoms with Crippen molar-refractivity contribution in [3.63, 3.8) is 0 Å². The molecule has 1 saturated carbocycles. The van der Waals surface area contributed by atoms with Gasteiger partial charge in [0.2, 0.25) is 5.91 Å². The third kappa shape index (κ3) is 3.04. The molecule has 0 heterocycles. The Balaban J connectivity index is 1.82. The van der Waals surface area contributed by atoms with Crippen LogP contribution in [0.3, 0.4) is 0 Å². The van der Waals surface area contributed by atoms with Crippen LogP contribution in [0.4, 0.5) is 4.39 Å². The first-order valence-electron chi connectivity index (χ1n) is 7.84. The van der Waals surface area contributed by atoms with Crippen molar-refractivity contribution in [2.24, 2.45) is 5.92 Å². The Labute approximate surface area is 145 Å². The number of aliphatic hydroxyl groups excluding tert-OH is 1. The predicted octanol–water partition coefficient (Wildman–Crippen LogP) is 3.39. The van der Waals surface area contributed by atoms with Gasteiger partial charge in [-0.25, -0.2) is 4.39 Å². The lowest BCUT2D eigenvalue weighted by Crippen LogP contribution is -2.37. The fraction of sp³-hybridized carbons (Fsp3) is 0.316. The monoisotopic (exact) mass is 347 g/mol. The molecule has 5 heteroatoms. The molecule has 0 spiro atoms. The van der Waals surface area contributed by atoms with E-state index in [0.717, 1.165) is 11.1 Å². The molecule has 2 atom stereocenters. The fourth-order valence-electron chi connectivity index (χ4n) is 3.31. The number of nitrogens with zero attached hydrogens (tertiary/aromatic N) is 1. The van der Waals surface area contributed by atoms with Gasteiger partial charge in [-0.2, -0.15) is 0 Å². The lowest BCUT2D eigenvalue weighted by Gasteiger charge is -2.25. The second kappa shape index (κ2) is 6.54. The molecule has 1 aliphatic rings. The Kier molecular flexibility index (Phi) is 4.61. The maximum Gasteiger partial charge on any atom is 0.233 e. The lowest BCUT2D eigenvalue weighted by atomic mass is 9.91. The molecule has 24 heavy (non-hydrogen) atoms. The molecule has 0 saturated heterocycles. The first-order chi connectivity index (χ1) is 11.5. The highest BCUT2D eigenvalue weighted by Gasteiger charge is 2.61. The summed E-state index contributed by atoms with van der Waals surface area (Å²) >= 11 is 5.94. The Hall–Kier alpha value is -1.91. The van der Waals surface area contributed by atoms with Crippen LogP contribution in [0, 0.1) is 11.7 Å². The smallest absolute Gasteiger partial charge is 0.233 e. The summed E-state index contributed by atoms with van der Waals surface area (Å²) in [6, 6.07) is 13.3. The molecule has 0 radical (unpaired) electrons. The van der Waals surface area contributed by atoms with Crippen molar-refractivity contribution in [2.75, 3.05) is 13.7 Å². The minimum absolute atomic E-state index is 0.0290. The molecule has 126 valence electrons. The zero-order valence-electron chi connectivity index (χ0n) is 13.4. The average Bonchev–Trinajstić information content (AvgIpc) is 3.32. The van der Waals surface area contributed by atoms with Crippen molar-refractivity contribution in [3.05, 3.63) is 70.5 Å². The van der Waals surface area contributed by atoms with Gasteiger partial charge in [-0.3, -0.25) is 4.79 Å². The van der Waals surface area contributed by atoms with Gasteiger partial charge in [-0.15, -0.1) is 0 Å². The number of hydrogen-bond acceptors (Lipinski definition) is 2. The number of hydrogen-bond donors (Lipinski definition) is 1. The van der Waals surface area contributed by atoms with Gasteiger partial charge < -0.3 is 10.0 Å². The molecular formula is C19H19ClFNO2. The number of benzene rings is 2. The molecule has 0 aliphatic heterocycles. The van der Waals surface area contributed by atoms with Crippen LogP contribution >= 0.6 is 11.6 Å². The maximum absolute atomic E-state index is 13.1. The highest BCUT2D eigenvalue weighted by molar-refractivity contribution is 6.30. The quantitative estimate of drug-likeness (QED) is 0.900. The lowest BCUT2D eigenvalue weighted by molar-refractivity contribution is -0.133. The largest absolute Gasteiger partial charge is 0.396 e. The number of rotatable bonds is 5. The zero-order valence-corrected chi connectivity index (χ0v) is 14.1. The van der Waals surface area contributed by atoms with Gasteiger partial charge in [0, 0.05) is 31.1 Å². The van der Waals surface area contributed by atoms with Crippen LogP contribution in [0.5, 0.6) is 0 Å². The van der Waals surface area contributed by atoms with E-state index in [1.165, 1.54) is 12.1 Å². The summed E-state index contributed by atoms with van der Waals surface area (Å²) in [6.07, 6.45) is 0.623. The van der Waals surface area contributed by atoms with E-state index in [0.29, 0.717) is 18.0 Å². The molecule has 2 aromatic rings. The first kappa shape index (κ1) is 16.9. The molecule has 2 aromatic carbocycles. The Bertz CT molecular complexity index is 732. The molecule has 0 aromatic heterocycles. The summed E-state index contributed by atoms with van der Waals surface area (Å²) in [5.74, 6) is -0.414. The number of carbonyl (C=O) groups is 1. The van der Waals surface area contributed by atoms with Gasteiger partial charge in [0.15, 0.2) is 0 Å². The van der Waals surface area contributed by atoms with Crippen LogP contribution in [-0.2, 0) is 16.8 Å². The average molecular weight is 348 g/mol. The summed E-state index contributed by atoms with van der Waals surface area (Å²) < 4.78 is 13.0. The molecule has 0 bridgehead atoms. The number of likely N-dealkylation sites (N-methyl/N-ethyl adjacent to an activating group) is 1. The van der Waals surface area contributed by atoms with E-state index in [1.54, 1.807) is 36.2 Å². The maximum atomic E-state index is 13.1. The summed E-state index contributed by atoms with van der Waals surface area (Å²) in [5, 5.41) is 10.2. The van der Waals surface area contributed by atoms with Gasteiger partial charge in [0.05, 0.1) is 5.41 Å². The Morgan fingerprint density at radius 1 is 1.25 bits per heavy atom. The number of aliphatic hydroxyl groups is 1. The van der Waals surface area contributed by atoms with Crippen LogP contribution < -0.4 is 0 Å². The van der Waals surface area contributed by atoms with Crippen molar-refractivity contribution in [3.8, 4) is 0 Å². The van der Waals surface area contributed by atoms with Crippen molar-refractivity contribution in [1.29, 1.82) is 0 Å². The number of halogens is 2. The van der Waals surface area contributed by atoms with Crippen molar-refractivity contribution < 1.29 is 14.3 Å². The van der Waals surface area contributed by atoms with Crippen LogP contribution in [0.1, 0.15) is 17.5 Å². The molecule has 3 rings (SSSR count). The van der Waals surface area contributed by atoms with E-state index in [2.05, 4.69) is 0 Å². The highest BCUT2D eigenvalue weighted by Crippen LogP contribution is 2.55. The minimum atomic E-state index is -0.686. The van der Waals surface area contributed by atoms with Crippen molar-refractivity contribution >= 4 is 17.5 Å². The van der Waals surface area contributed by atoms with E-state index < -0.39 is 5.41 Å². The summed E-state index contributed by atoms with van der Waals surface area (Å²) in [6.45, 7) is 0.366. The Morgan fingerprint density at radius 3 is 2.42 bits per heavy atom. The van der Waals surface area contributed by atoms with E-state index in [1.807, 2.05) is 12.1 Å². The second-order valence-corrected chi connectivity index (χ2v) is 6.79.